The van der Waals surface area contributed by atoms with Crippen molar-refractivity contribution in [1.82, 2.24) is 5.32 Å². The summed E-state index contributed by atoms with van der Waals surface area (Å²) < 4.78 is 5.25. The van der Waals surface area contributed by atoms with Crippen LogP contribution in [0.5, 0.6) is 5.75 Å². The Labute approximate surface area is 104 Å². The van der Waals surface area contributed by atoms with Gasteiger partial charge in [-0.2, -0.15) is 5.26 Å². The molecular formula is C12H11N3O3. The third-order valence-electron chi connectivity index (χ3n) is 2.64. The summed E-state index contributed by atoms with van der Waals surface area (Å²) in [7, 11) is 1.63. The van der Waals surface area contributed by atoms with E-state index in [1.807, 2.05) is 6.07 Å². The Balaban J connectivity index is 2.29. The van der Waals surface area contributed by atoms with Crippen molar-refractivity contribution in [3.8, 4) is 11.8 Å². The number of nitrogens with one attached hydrogen (secondary N) is 1. The molecule has 0 aromatic heterocycles. The van der Waals surface area contributed by atoms with Crippen LogP contribution in [-0.2, 0) is 4.79 Å². The number of hydrogen-bond donors (Lipinski definition) is 1. The van der Waals surface area contributed by atoms with Crippen LogP contribution in [0.15, 0.2) is 18.2 Å². The number of fused-ring (bicyclic) bond motifs is 1. The molecule has 0 atom stereocenters. The fourth-order valence-electron chi connectivity index (χ4n) is 1.64. The molecule has 1 aromatic rings. The summed E-state index contributed by atoms with van der Waals surface area (Å²) in [6.07, 6.45) is 0. The van der Waals surface area contributed by atoms with Crippen LogP contribution in [0.1, 0.15) is 10.4 Å². The third-order valence-corrected chi connectivity index (χ3v) is 2.64. The quantitative estimate of drug-likeness (QED) is 0.759. The molecule has 1 heterocycles. The van der Waals surface area contributed by atoms with Crippen LogP contribution in [-0.4, -0.2) is 32.0 Å². The van der Waals surface area contributed by atoms with E-state index in [0.29, 0.717) is 17.0 Å². The van der Waals surface area contributed by atoms with Crippen LogP contribution in [0.4, 0.5) is 5.69 Å². The number of carbonyl (C=O) groups excluding carboxylic acids is 2. The van der Waals surface area contributed by atoms with Gasteiger partial charge in [-0.1, -0.05) is 0 Å². The Morgan fingerprint density at radius 3 is 3.11 bits per heavy atom. The third kappa shape index (κ3) is 2.11. The summed E-state index contributed by atoms with van der Waals surface area (Å²) in [6.45, 7) is -0.0509. The molecule has 2 amide bonds. The molecule has 0 unspecified atom stereocenters. The van der Waals surface area contributed by atoms with Crippen molar-refractivity contribution >= 4 is 17.5 Å². The van der Waals surface area contributed by atoms with Crippen LogP contribution in [0.25, 0.3) is 0 Å². The number of rotatable bonds is 2. The van der Waals surface area contributed by atoms with Gasteiger partial charge in [0.2, 0.25) is 0 Å². The molecule has 0 radical (unpaired) electrons. The average molecular weight is 245 g/mol. The zero-order valence-corrected chi connectivity index (χ0v) is 9.77. The maximum atomic E-state index is 11.7. The lowest BCUT2D eigenvalue weighted by molar-refractivity contribution is -0.120. The van der Waals surface area contributed by atoms with E-state index in [0.717, 1.165) is 0 Å². The van der Waals surface area contributed by atoms with Crippen molar-refractivity contribution in [2.24, 2.45) is 0 Å². The van der Waals surface area contributed by atoms with Crippen molar-refractivity contribution < 1.29 is 14.3 Å². The predicted octanol–water partition coefficient (Wildman–Crippen LogP) is 0.295. The molecule has 18 heavy (non-hydrogen) atoms. The summed E-state index contributed by atoms with van der Waals surface area (Å²) in [5.74, 6) is 0.0387. The van der Waals surface area contributed by atoms with Crippen molar-refractivity contribution in [3.05, 3.63) is 23.8 Å². The molecule has 6 nitrogen and oxygen atoms in total. The zero-order valence-electron chi connectivity index (χ0n) is 9.77. The van der Waals surface area contributed by atoms with E-state index in [4.69, 9.17) is 10.00 Å². The fourth-order valence-corrected chi connectivity index (χ4v) is 1.64. The van der Waals surface area contributed by atoms with Crippen LogP contribution in [0.2, 0.25) is 0 Å². The molecule has 0 saturated heterocycles. The lowest BCUT2D eigenvalue weighted by Crippen LogP contribution is -2.35. The first-order valence-electron chi connectivity index (χ1n) is 5.32. The number of benzene rings is 1. The van der Waals surface area contributed by atoms with E-state index in [2.05, 4.69) is 5.32 Å². The van der Waals surface area contributed by atoms with E-state index in [9.17, 15) is 9.59 Å². The van der Waals surface area contributed by atoms with E-state index in [1.54, 1.807) is 25.2 Å². The van der Waals surface area contributed by atoms with Gasteiger partial charge in [-0.3, -0.25) is 9.59 Å². The van der Waals surface area contributed by atoms with E-state index in [1.165, 1.54) is 4.90 Å². The second-order valence-electron chi connectivity index (χ2n) is 3.76. The number of carbonyl (C=O) groups is 2. The van der Waals surface area contributed by atoms with Gasteiger partial charge >= 0.3 is 0 Å². The topological polar surface area (TPSA) is 82.4 Å². The number of nitrogens with zero attached hydrogens (tertiary/aromatic N) is 2. The monoisotopic (exact) mass is 245 g/mol. The molecule has 0 saturated carbocycles. The van der Waals surface area contributed by atoms with Crippen molar-refractivity contribution in [2.45, 2.75) is 0 Å². The zero-order chi connectivity index (χ0) is 13.1. The van der Waals surface area contributed by atoms with Gasteiger partial charge in [0.05, 0.1) is 11.8 Å². The van der Waals surface area contributed by atoms with Gasteiger partial charge in [-0.15, -0.1) is 0 Å². The lowest BCUT2D eigenvalue weighted by Gasteiger charge is -2.26. The van der Waals surface area contributed by atoms with Gasteiger partial charge in [0, 0.05) is 12.6 Å². The molecule has 0 aliphatic carbocycles. The summed E-state index contributed by atoms with van der Waals surface area (Å²) in [5.41, 5.74) is 0.935. The molecule has 0 bridgehead atoms. The molecule has 1 aliphatic rings. The fraction of sp³-hybridized carbons (Fsp3) is 0.250. The van der Waals surface area contributed by atoms with E-state index in [-0.39, 0.29) is 25.0 Å². The van der Waals surface area contributed by atoms with E-state index >= 15 is 0 Å². The summed E-state index contributed by atoms with van der Waals surface area (Å²) in [5, 5.41) is 10.8. The Bertz CT molecular complexity index is 548. The standard InChI is InChI=1S/C12H11N3O3/c1-15-9-6-8(12(17)14-5-4-13)2-3-10(9)18-7-11(15)16/h2-3,6H,5,7H2,1H3,(H,14,17). The molecule has 2 rings (SSSR count). The van der Waals surface area contributed by atoms with Crippen molar-refractivity contribution in [1.29, 1.82) is 5.26 Å². The molecule has 92 valence electrons. The number of ether oxygens (including phenoxy) is 1. The normalized spacial score (nSPS) is 13.3. The van der Waals surface area contributed by atoms with Crippen molar-refractivity contribution in [2.75, 3.05) is 25.1 Å². The number of amides is 2. The second-order valence-corrected chi connectivity index (χ2v) is 3.76. The average Bonchev–Trinajstić information content (AvgIpc) is 2.40. The number of hydrogen-bond acceptors (Lipinski definition) is 4. The first-order valence-corrected chi connectivity index (χ1v) is 5.32. The summed E-state index contributed by atoms with van der Waals surface area (Å²) >= 11 is 0. The molecule has 1 aliphatic heterocycles. The molecule has 1 aromatic carbocycles. The molecule has 0 fully saturated rings. The van der Waals surface area contributed by atoms with Crippen LogP contribution in [0, 0.1) is 11.3 Å². The SMILES string of the molecule is CN1C(=O)COc2ccc(C(=O)NCC#N)cc21. The van der Waals surface area contributed by atoms with Crippen LogP contribution < -0.4 is 15.0 Å². The highest BCUT2D eigenvalue weighted by atomic mass is 16.5. The van der Waals surface area contributed by atoms with Gasteiger partial charge in [0.1, 0.15) is 12.3 Å². The predicted molar refractivity (Wildman–Crippen MR) is 63.3 cm³/mol. The Kier molecular flexibility index (Phi) is 3.15. The highest BCUT2D eigenvalue weighted by Crippen LogP contribution is 2.31. The summed E-state index contributed by atoms with van der Waals surface area (Å²) in [6, 6.07) is 6.62. The molecule has 1 N–H and O–H groups in total. The maximum absolute atomic E-state index is 11.7. The first kappa shape index (κ1) is 11.9. The minimum atomic E-state index is -0.356. The maximum Gasteiger partial charge on any atom is 0.264 e. The molecule has 6 heteroatoms. The molecule has 0 spiro atoms. The number of nitriles is 1. The number of anilines is 1. The second kappa shape index (κ2) is 4.75. The van der Waals surface area contributed by atoms with E-state index < -0.39 is 0 Å². The van der Waals surface area contributed by atoms with Gasteiger partial charge in [-0.25, -0.2) is 0 Å². The largest absolute Gasteiger partial charge is 0.482 e. The highest BCUT2D eigenvalue weighted by Gasteiger charge is 2.23. The number of likely N-dealkylation sites (N-methyl/N-ethyl adjacent to an activating group) is 1. The Morgan fingerprint density at radius 2 is 2.39 bits per heavy atom. The van der Waals surface area contributed by atoms with Crippen LogP contribution in [0.3, 0.4) is 0 Å². The first-order chi connectivity index (χ1) is 8.63. The van der Waals surface area contributed by atoms with Crippen molar-refractivity contribution in [3.63, 3.8) is 0 Å². The minimum absolute atomic E-state index is 0.00345. The van der Waals surface area contributed by atoms with Gasteiger partial charge in [-0.05, 0) is 18.2 Å². The lowest BCUT2D eigenvalue weighted by atomic mass is 10.1. The smallest absolute Gasteiger partial charge is 0.264 e. The minimum Gasteiger partial charge on any atom is -0.482 e. The van der Waals surface area contributed by atoms with Gasteiger partial charge in [0.25, 0.3) is 11.8 Å². The van der Waals surface area contributed by atoms with Gasteiger partial charge < -0.3 is 15.0 Å². The van der Waals surface area contributed by atoms with Crippen LogP contribution >= 0.6 is 0 Å². The van der Waals surface area contributed by atoms with Gasteiger partial charge in [0.15, 0.2) is 6.61 Å². The summed E-state index contributed by atoms with van der Waals surface area (Å²) in [4.78, 5) is 24.6. The molecular weight excluding hydrogens is 234 g/mol. The Hall–Kier alpha value is -2.55. The Morgan fingerprint density at radius 1 is 1.61 bits per heavy atom. The highest BCUT2D eigenvalue weighted by molar-refractivity contribution is 6.00.